The number of carbonyl (C=O) groups is 1. The minimum atomic E-state index is -3.91. The molecule has 4 rings (SSSR count). The first-order valence-electron chi connectivity index (χ1n) is 10.1. The van der Waals surface area contributed by atoms with Gasteiger partial charge in [-0.2, -0.15) is 0 Å². The largest absolute Gasteiger partial charge is 0.347 e. The molecule has 2 aromatic rings. The van der Waals surface area contributed by atoms with Gasteiger partial charge in [-0.25, -0.2) is 8.42 Å². The lowest BCUT2D eigenvalue weighted by atomic mass is 10.0. The summed E-state index contributed by atoms with van der Waals surface area (Å²) in [6, 6.07) is 10.8. The first-order chi connectivity index (χ1) is 14.8. The van der Waals surface area contributed by atoms with Crippen molar-refractivity contribution in [3.8, 4) is 0 Å². The van der Waals surface area contributed by atoms with Crippen molar-refractivity contribution in [2.24, 2.45) is 0 Å². The number of nitrogens with zero attached hydrogens (tertiary/aromatic N) is 2. The monoisotopic (exact) mass is 447 g/mol. The molecule has 0 radical (unpaired) electrons. The number of sulfonamides is 1. The van der Waals surface area contributed by atoms with Crippen molar-refractivity contribution in [3.63, 3.8) is 0 Å². The number of amides is 1. The van der Waals surface area contributed by atoms with Gasteiger partial charge < -0.3 is 18.9 Å². The first-order valence-corrected chi connectivity index (χ1v) is 11.6. The molecule has 1 aromatic heterocycles. The van der Waals surface area contributed by atoms with Crippen molar-refractivity contribution in [1.82, 2.24) is 9.47 Å². The van der Waals surface area contributed by atoms with Gasteiger partial charge >= 0.3 is 0 Å². The number of pyridine rings is 1. The standard InChI is InChI=1S/C21H25N3O6S/c1-16-7-8-18(22-31(27,28)17-5-3-2-4-6-17)20(26)24(16)15-19(25)23-11-9-21(10-12-23)29-13-14-30-21/h2-8,22H,9-15H2,1H3. The number of rotatable bonds is 5. The van der Waals surface area contributed by atoms with E-state index < -0.39 is 21.4 Å². The predicted molar refractivity (Wildman–Crippen MR) is 113 cm³/mol. The third-order valence-electron chi connectivity index (χ3n) is 5.68. The number of benzene rings is 1. The molecular formula is C21H25N3O6S. The number of aryl methyl sites for hydroxylation is 1. The summed E-state index contributed by atoms with van der Waals surface area (Å²) in [5.41, 5.74) is -0.103. The Morgan fingerprint density at radius 2 is 1.71 bits per heavy atom. The minimum absolute atomic E-state index is 0.0520. The van der Waals surface area contributed by atoms with Crippen molar-refractivity contribution in [2.75, 3.05) is 31.0 Å². The fraction of sp³-hybridized carbons (Fsp3) is 0.429. The van der Waals surface area contributed by atoms with Gasteiger partial charge in [0.1, 0.15) is 12.2 Å². The Morgan fingerprint density at radius 1 is 1.06 bits per heavy atom. The lowest BCUT2D eigenvalue weighted by Gasteiger charge is -2.37. The zero-order chi connectivity index (χ0) is 22.1. The van der Waals surface area contributed by atoms with Crippen LogP contribution in [-0.4, -0.2) is 55.9 Å². The molecule has 166 valence electrons. The van der Waals surface area contributed by atoms with Crippen LogP contribution in [0.1, 0.15) is 18.5 Å². The van der Waals surface area contributed by atoms with Gasteiger partial charge in [0.2, 0.25) is 5.91 Å². The van der Waals surface area contributed by atoms with Crippen LogP contribution < -0.4 is 10.3 Å². The molecule has 0 unspecified atom stereocenters. The normalized spacial score (nSPS) is 18.3. The van der Waals surface area contributed by atoms with Gasteiger partial charge in [0.15, 0.2) is 5.79 Å². The van der Waals surface area contributed by atoms with E-state index in [-0.39, 0.29) is 23.0 Å². The van der Waals surface area contributed by atoms with E-state index in [1.807, 2.05) is 0 Å². The van der Waals surface area contributed by atoms with Crippen LogP contribution in [0.25, 0.3) is 0 Å². The molecule has 1 amide bonds. The molecular weight excluding hydrogens is 422 g/mol. The molecule has 1 spiro atoms. The number of piperidine rings is 1. The SMILES string of the molecule is Cc1ccc(NS(=O)(=O)c2ccccc2)c(=O)n1CC(=O)N1CCC2(CC1)OCCO2. The molecule has 10 heteroatoms. The summed E-state index contributed by atoms with van der Waals surface area (Å²) in [6.45, 7) is 3.62. The topological polar surface area (TPSA) is 107 Å². The van der Waals surface area contributed by atoms with Crippen LogP contribution in [0.2, 0.25) is 0 Å². The Hall–Kier alpha value is -2.69. The van der Waals surface area contributed by atoms with Crippen LogP contribution >= 0.6 is 0 Å². The average Bonchev–Trinajstić information content (AvgIpc) is 3.22. The number of nitrogens with one attached hydrogen (secondary N) is 1. The maximum Gasteiger partial charge on any atom is 0.275 e. The van der Waals surface area contributed by atoms with Crippen LogP contribution in [0.15, 0.2) is 52.2 Å². The van der Waals surface area contributed by atoms with Crippen molar-refractivity contribution in [1.29, 1.82) is 0 Å². The number of likely N-dealkylation sites (tertiary alicyclic amines) is 1. The van der Waals surface area contributed by atoms with Gasteiger partial charge in [-0.3, -0.25) is 14.3 Å². The summed E-state index contributed by atoms with van der Waals surface area (Å²) < 4.78 is 40.2. The highest BCUT2D eigenvalue weighted by Gasteiger charge is 2.40. The molecule has 0 atom stereocenters. The second-order valence-corrected chi connectivity index (χ2v) is 9.37. The molecule has 2 saturated heterocycles. The van der Waals surface area contributed by atoms with Crippen LogP contribution in [0.4, 0.5) is 5.69 Å². The van der Waals surface area contributed by atoms with E-state index in [1.54, 1.807) is 36.1 Å². The number of hydrogen-bond acceptors (Lipinski definition) is 6. The lowest BCUT2D eigenvalue weighted by molar-refractivity contribution is -0.187. The van der Waals surface area contributed by atoms with Gasteiger partial charge in [0, 0.05) is 31.6 Å². The Labute approximate surface area is 180 Å². The third kappa shape index (κ3) is 4.51. The van der Waals surface area contributed by atoms with Gasteiger partial charge in [0.05, 0.1) is 18.1 Å². The van der Waals surface area contributed by atoms with Crippen molar-refractivity contribution < 1.29 is 22.7 Å². The molecule has 0 saturated carbocycles. The first kappa shape index (κ1) is 21.5. The smallest absolute Gasteiger partial charge is 0.275 e. The van der Waals surface area contributed by atoms with E-state index in [2.05, 4.69) is 4.72 Å². The maximum absolute atomic E-state index is 12.9. The van der Waals surface area contributed by atoms with E-state index in [9.17, 15) is 18.0 Å². The fourth-order valence-corrected chi connectivity index (χ4v) is 4.94. The molecule has 0 bridgehead atoms. The van der Waals surface area contributed by atoms with E-state index in [1.165, 1.54) is 22.8 Å². The molecule has 31 heavy (non-hydrogen) atoms. The lowest BCUT2D eigenvalue weighted by Crippen LogP contribution is -2.48. The molecule has 1 aromatic carbocycles. The van der Waals surface area contributed by atoms with E-state index in [4.69, 9.17) is 9.47 Å². The zero-order valence-corrected chi connectivity index (χ0v) is 18.1. The number of hydrogen-bond donors (Lipinski definition) is 1. The van der Waals surface area contributed by atoms with Gasteiger partial charge in [-0.1, -0.05) is 18.2 Å². The van der Waals surface area contributed by atoms with Gasteiger partial charge in [-0.15, -0.1) is 0 Å². The summed E-state index contributed by atoms with van der Waals surface area (Å²) in [6.07, 6.45) is 1.17. The van der Waals surface area contributed by atoms with Crippen molar-refractivity contribution >= 4 is 21.6 Å². The molecule has 2 aliphatic heterocycles. The van der Waals surface area contributed by atoms with Gasteiger partial charge in [-0.05, 0) is 31.2 Å². The summed E-state index contributed by atoms with van der Waals surface area (Å²) in [5, 5.41) is 0. The highest BCUT2D eigenvalue weighted by atomic mass is 32.2. The van der Waals surface area contributed by atoms with Crippen LogP contribution in [0.3, 0.4) is 0 Å². The molecule has 0 aliphatic carbocycles. The van der Waals surface area contributed by atoms with Crippen LogP contribution in [0, 0.1) is 6.92 Å². The zero-order valence-electron chi connectivity index (χ0n) is 17.2. The second kappa shape index (κ2) is 8.45. The quantitative estimate of drug-likeness (QED) is 0.741. The van der Waals surface area contributed by atoms with E-state index in [0.717, 1.165) is 0 Å². The average molecular weight is 448 g/mol. The number of carbonyl (C=O) groups excluding carboxylic acids is 1. The summed E-state index contributed by atoms with van der Waals surface area (Å²) in [5.74, 6) is -0.791. The second-order valence-electron chi connectivity index (χ2n) is 7.69. The summed E-state index contributed by atoms with van der Waals surface area (Å²) in [4.78, 5) is 27.5. The Kier molecular flexibility index (Phi) is 5.87. The number of ether oxygens (including phenoxy) is 2. The van der Waals surface area contributed by atoms with Crippen LogP contribution in [0.5, 0.6) is 0 Å². The van der Waals surface area contributed by atoms with Crippen molar-refractivity contribution in [2.45, 2.75) is 37.0 Å². The Morgan fingerprint density at radius 3 is 2.35 bits per heavy atom. The molecule has 1 N–H and O–H groups in total. The summed E-state index contributed by atoms with van der Waals surface area (Å²) in [7, 11) is -3.91. The molecule has 9 nitrogen and oxygen atoms in total. The molecule has 2 aliphatic rings. The highest BCUT2D eigenvalue weighted by molar-refractivity contribution is 7.92. The summed E-state index contributed by atoms with van der Waals surface area (Å²) >= 11 is 0. The molecule has 3 heterocycles. The van der Waals surface area contributed by atoms with Crippen molar-refractivity contribution in [3.05, 3.63) is 58.5 Å². The maximum atomic E-state index is 12.9. The Balaban J connectivity index is 1.49. The minimum Gasteiger partial charge on any atom is -0.347 e. The van der Waals surface area contributed by atoms with E-state index >= 15 is 0 Å². The Bertz CT molecular complexity index is 1110. The number of anilines is 1. The molecule has 2 fully saturated rings. The van der Waals surface area contributed by atoms with Crippen LogP contribution in [-0.2, 0) is 30.8 Å². The van der Waals surface area contributed by atoms with Gasteiger partial charge in [0.25, 0.3) is 15.6 Å². The highest BCUT2D eigenvalue weighted by Crippen LogP contribution is 2.31. The van der Waals surface area contributed by atoms with E-state index in [0.29, 0.717) is 44.8 Å². The number of aromatic nitrogens is 1. The third-order valence-corrected chi connectivity index (χ3v) is 7.06. The predicted octanol–water partition coefficient (Wildman–Crippen LogP) is 1.32. The fourth-order valence-electron chi connectivity index (χ4n) is 3.87.